The van der Waals surface area contributed by atoms with Crippen LogP contribution >= 0.6 is 0 Å². The molecule has 0 bridgehead atoms. The predicted octanol–water partition coefficient (Wildman–Crippen LogP) is 8.62. The summed E-state index contributed by atoms with van der Waals surface area (Å²) < 4.78 is 14.5. The molecule has 2 unspecified atom stereocenters. The van der Waals surface area contributed by atoms with Gasteiger partial charge in [-0.1, -0.05) is 153 Å². The molecule has 0 fully saturated rings. The highest BCUT2D eigenvalue weighted by Gasteiger charge is 2.48. The molecule has 1 amide bonds. The third-order valence-electron chi connectivity index (χ3n) is 11.6. The molecule has 5 aromatic carbocycles. The zero-order chi connectivity index (χ0) is 43.2. The molecule has 62 heavy (non-hydrogen) atoms. The first kappa shape index (κ1) is 41.5. The number of benzene rings is 5. The van der Waals surface area contributed by atoms with Crippen LogP contribution in [0.1, 0.15) is 79.1 Å². The number of Topliss-reactive ketones (excluding diaryl/α,β-unsaturated/α-hetero) is 1. The number of rotatable bonds is 14. The summed E-state index contributed by atoms with van der Waals surface area (Å²) in [6.07, 6.45) is 1.82. The SMILES string of the molecule is CCCCc1nc2c(n1Cc1ccc(-c3ccccc3-c3nnnn3C(c3ccccc3)(c3ccccc3)c3ccccc3)cc1)C(C(C)=O)N(C(=O)OCC)C(C(=O)OC)C2. The van der Waals surface area contributed by atoms with E-state index in [4.69, 9.17) is 24.8 Å². The zero-order valence-electron chi connectivity index (χ0n) is 35.3. The number of imidazole rings is 1. The molecule has 12 nitrogen and oxygen atoms in total. The maximum absolute atomic E-state index is 13.6. The number of ketones is 1. The Morgan fingerprint density at radius 3 is 1.89 bits per heavy atom. The van der Waals surface area contributed by atoms with Gasteiger partial charge in [0.25, 0.3) is 0 Å². The topological polar surface area (TPSA) is 134 Å². The van der Waals surface area contributed by atoms with Crippen molar-refractivity contribution in [1.29, 1.82) is 0 Å². The molecule has 0 N–H and O–H groups in total. The number of aromatic nitrogens is 6. The van der Waals surface area contributed by atoms with E-state index in [2.05, 4.69) is 78.9 Å². The molecule has 0 saturated heterocycles. The van der Waals surface area contributed by atoms with Crippen molar-refractivity contribution in [3.63, 3.8) is 0 Å². The number of hydrogen-bond acceptors (Lipinski definition) is 9. The number of aryl methyl sites for hydroxylation is 1. The number of esters is 1. The standard InChI is InChI=1S/C50H49N7O5/c1-5-7-27-44-51-42-32-43(48(59)61-4)56(49(60)62-6-2)45(34(3)58)46(42)55(44)33-35-28-30-36(31-29-35)40-25-17-18-26-41(40)47-52-53-54-57(47)50(37-19-11-8-12-20-37,38-21-13-9-14-22-38)39-23-15-10-16-24-39/h8-26,28-31,43,45H,5-7,27,32-33H2,1-4H3. The highest BCUT2D eigenvalue weighted by molar-refractivity contribution is 5.91. The number of carbonyl (C=O) groups is 3. The van der Waals surface area contributed by atoms with Gasteiger partial charge in [-0.05, 0) is 64.1 Å². The minimum atomic E-state index is -1.09. The second-order valence-electron chi connectivity index (χ2n) is 15.4. The number of ether oxygens (including phenoxy) is 2. The highest BCUT2D eigenvalue weighted by Crippen LogP contribution is 2.44. The lowest BCUT2D eigenvalue weighted by Crippen LogP contribution is -2.54. The third-order valence-corrected chi connectivity index (χ3v) is 11.6. The van der Waals surface area contributed by atoms with E-state index in [-0.39, 0.29) is 18.8 Å². The average molecular weight is 828 g/mol. The number of tetrazole rings is 1. The molecule has 0 radical (unpaired) electrons. The third kappa shape index (κ3) is 7.57. The van der Waals surface area contributed by atoms with Crippen LogP contribution in [0.4, 0.5) is 4.79 Å². The van der Waals surface area contributed by atoms with Crippen molar-refractivity contribution in [2.45, 2.75) is 70.6 Å². The van der Waals surface area contributed by atoms with Crippen LogP contribution < -0.4 is 0 Å². The Balaban J connectivity index is 1.21. The van der Waals surface area contributed by atoms with Crippen LogP contribution in [0.3, 0.4) is 0 Å². The van der Waals surface area contributed by atoms with Gasteiger partial charge in [-0.25, -0.2) is 19.3 Å². The van der Waals surface area contributed by atoms with E-state index in [1.165, 1.54) is 18.9 Å². The summed E-state index contributed by atoms with van der Waals surface area (Å²) in [6.45, 7) is 5.70. The Bertz CT molecular complexity index is 2560. The molecule has 7 aromatic rings. The Morgan fingerprint density at radius 1 is 0.758 bits per heavy atom. The maximum atomic E-state index is 13.6. The van der Waals surface area contributed by atoms with Gasteiger partial charge < -0.3 is 14.0 Å². The summed E-state index contributed by atoms with van der Waals surface area (Å²) in [6, 6.07) is 45.3. The van der Waals surface area contributed by atoms with E-state index in [0.717, 1.165) is 57.6 Å². The van der Waals surface area contributed by atoms with Crippen molar-refractivity contribution in [2.24, 2.45) is 0 Å². The van der Waals surface area contributed by atoms with Crippen LogP contribution in [-0.2, 0) is 44.0 Å². The van der Waals surface area contributed by atoms with Gasteiger partial charge in [-0.2, -0.15) is 0 Å². The molecule has 1 aliphatic heterocycles. The molecular formula is C50H49N7O5. The number of unbranched alkanes of at least 4 members (excludes halogenated alkanes) is 1. The fraction of sp³-hybridized carbons (Fsp3) is 0.260. The number of fused-ring (bicyclic) bond motifs is 1. The van der Waals surface area contributed by atoms with Crippen LogP contribution in [0.25, 0.3) is 22.5 Å². The monoisotopic (exact) mass is 827 g/mol. The van der Waals surface area contributed by atoms with Crippen molar-refractivity contribution in [2.75, 3.05) is 13.7 Å². The lowest BCUT2D eigenvalue weighted by molar-refractivity contribution is -0.148. The van der Waals surface area contributed by atoms with Crippen molar-refractivity contribution >= 4 is 17.8 Å². The number of amides is 1. The van der Waals surface area contributed by atoms with Gasteiger partial charge >= 0.3 is 12.1 Å². The van der Waals surface area contributed by atoms with E-state index in [1.54, 1.807) is 6.92 Å². The fourth-order valence-corrected chi connectivity index (χ4v) is 8.86. The van der Waals surface area contributed by atoms with Gasteiger partial charge in [0, 0.05) is 24.9 Å². The smallest absolute Gasteiger partial charge is 0.411 e. The van der Waals surface area contributed by atoms with Crippen LogP contribution in [0.2, 0.25) is 0 Å². The minimum absolute atomic E-state index is 0.0834. The van der Waals surface area contributed by atoms with E-state index in [0.29, 0.717) is 30.2 Å². The largest absolute Gasteiger partial charge is 0.467 e. The summed E-state index contributed by atoms with van der Waals surface area (Å²) in [5, 5.41) is 13.8. The summed E-state index contributed by atoms with van der Waals surface area (Å²) in [5.41, 5.74) is 7.01. The van der Waals surface area contributed by atoms with Gasteiger partial charge in [-0.15, -0.1) is 5.10 Å². The summed E-state index contributed by atoms with van der Waals surface area (Å²) in [5.74, 6) is 0.451. The van der Waals surface area contributed by atoms with Crippen LogP contribution in [0.5, 0.6) is 0 Å². The molecule has 0 saturated carbocycles. The molecule has 1 aliphatic rings. The quantitative estimate of drug-likeness (QED) is 0.0781. The number of nitrogens with zero attached hydrogens (tertiary/aromatic N) is 7. The molecule has 3 heterocycles. The predicted molar refractivity (Wildman–Crippen MR) is 235 cm³/mol. The summed E-state index contributed by atoms with van der Waals surface area (Å²) in [7, 11) is 1.27. The first-order valence-corrected chi connectivity index (χ1v) is 21.1. The normalized spacial score (nSPS) is 14.9. The van der Waals surface area contributed by atoms with E-state index >= 15 is 0 Å². The Morgan fingerprint density at radius 2 is 1.34 bits per heavy atom. The van der Waals surface area contributed by atoms with Gasteiger partial charge in [0.2, 0.25) is 0 Å². The molecule has 2 atom stereocenters. The molecule has 0 spiro atoms. The number of carbonyl (C=O) groups excluding carboxylic acids is 3. The average Bonchev–Trinajstić information content (AvgIpc) is 3.94. The molecule has 8 rings (SSSR count). The van der Waals surface area contributed by atoms with Gasteiger partial charge in [-0.3, -0.25) is 9.69 Å². The van der Waals surface area contributed by atoms with E-state index < -0.39 is 29.7 Å². The highest BCUT2D eigenvalue weighted by atomic mass is 16.6. The molecule has 0 aliphatic carbocycles. The summed E-state index contributed by atoms with van der Waals surface area (Å²) >= 11 is 0. The molecule has 314 valence electrons. The van der Waals surface area contributed by atoms with Crippen molar-refractivity contribution < 1.29 is 23.9 Å². The van der Waals surface area contributed by atoms with Crippen LogP contribution in [0.15, 0.2) is 140 Å². The Hall–Kier alpha value is -7.21. The number of methoxy groups -OCH3 is 1. The zero-order valence-corrected chi connectivity index (χ0v) is 35.3. The first-order valence-electron chi connectivity index (χ1n) is 21.1. The Labute approximate surface area is 361 Å². The lowest BCUT2D eigenvalue weighted by atomic mass is 9.77. The summed E-state index contributed by atoms with van der Waals surface area (Å²) in [4.78, 5) is 46.4. The maximum Gasteiger partial charge on any atom is 0.411 e. The fourth-order valence-electron chi connectivity index (χ4n) is 8.86. The van der Waals surface area contributed by atoms with Crippen molar-refractivity contribution in [1.82, 2.24) is 34.7 Å². The van der Waals surface area contributed by atoms with Gasteiger partial charge in [0.05, 0.1) is 25.1 Å². The molecule has 2 aromatic heterocycles. The van der Waals surface area contributed by atoms with Crippen molar-refractivity contribution in [3.8, 4) is 22.5 Å². The van der Waals surface area contributed by atoms with Crippen LogP contribution in [0, 0.1) is 0 Å². The van der Waals surface area contributed by atoms with E-state index in [9.17, 15) is 14.4 Å². The van der Waals surface area contributed by atoms with Gasteiger partial charge in [0.15, 0.2) is 11.6 Å². The second-order valence-corrected chi connectivity index (χ2v) is 15.4. The Kier molecular flexibility index (Phi) is 12.2. The van der Waals surface area contributed by atoms with E-state index in [1.807, 2.05) is 82.0 Å². The number of hydrogen-bond donors (Lipinski definition) is 0. The molecular weight excluding hydrogens is 779 g/mol. The first-order chi connectivity index (χ1) is 30.3. The minimum Gasteiger partial charge on any atom is -0.467 e. The lowest BCUT2D eigenvalue weighted by Gasteiger charge is -2.38. The second kappa shape index (κ2) is 18.2. The van der Waals surface area contributed by atoms with Crippen molar-refractivity contribution in [3.05, 3.63) is 179 Å². The van der Waals surface area contributed by atoms with Crippen LogP contribution in [-0.4, -0.2) is 72.3 Å². The van der Waals surface area contributed by atoms with Gasteiger partial charge in [0.1, 0.15) is 23.4 Å². The molecule has 12 heteroatoms.